The van der Waals surface area contributed by atoms with Gasteiger partial charge in [0.25, 0.3) is 5.91 Å². The summed E-state index contributed by atoms with van der Waals surface area (Å²) in [6, 6.07) is 4.00. The second-order valence-electron chi connectivity index (χ2n) is 6.64. The van der Waals surface area contributed by atoms with Gasteiger partial charge in [0, 0.05) is 19.3 Å². The summed E-state index contributed by atoms with van der Waals surface area (Å²) in [6.45, 7) is 10.1. The summed E-state index contributed by atoms with van der Waals surface area (Å²) < 4.78 is 1.94. The Morgan fingerprint density at radius 2 is 1.86 bits per heavy atom. The third-order valence-corrected chi connectivity index (χ3v) is 4.30. The Bertz CT molecular complexity index is 679. The maximum atomic E-state index is 13.0. The van der Waals surface area contributed by atoms with E-state index in [1.54, 1.807) is 0 Å². The molecule has 3 heterocycles. The first-order valence-electron chi connectivity index (χ1n) is 7.70. The molecule has 0 spiro atoms. The molecule has 0 aromatic carbocycles. The highest BCUT2D eigenvalue weighted by Crippen LogP contribution is 2.24. The topological polar surface area (TPSA) is 37.6 Å². The van der Waals surface area contributed by atoms with Crippen molar-refractivity contribution in [2.75, 3.05) is 13.1 Å². The molecule has 1 aliphatic heterocycles. The lowest BCUT2D eigenvalue weighted by atomic mass is 9.91. The lowest BCUT2D eigenvalue weighted by Gasteiger charge is -2.35. The smallest absolute Gasteiger partial charge is 0.272 e. The van der Waals surface area contributed by atoms with Crippen LogP contribution in [0.2, 0.25) is 0 Å². The summed E-state index contributed by atoms with van der Waals surface area (Å²) in [6.07, 6.45) is 3.20. The zero-order valence-electron chi connectivity index (χ0n) is 13.3. The molecule has 4 nitrogen and oxygen atoms in total. The Balaban J connectivity index is 2.01. The third kappa shape index (κ3) is 2.55. The summed E-state index contributed by atoms with van der Waals surface area (Å²) in [5.41, 5.74) is 3.51. The van der Waals surface area contributed by atoms with Crippen LogP contribution in [0, 0.1) is 25.7 Å². The van der Waals surface area contributed by atoms with E-state index in [9.17, 15) is 4.79 Å². The number of likely N-dealkylation sites (tertiary alicyclic amines) is 1. The number of carbonyl (C=O) groups excluding carboxylic acids is 1. The standard InChI is InChI=1S/C17H23N3O/c1-11-5-6-15-18-14(4)16(20(15)10-11)17(21)19-8-12(2)7-13(3)9-19/h5-6,10,12-13H,7-9H2,1-4H3. The van der Waals surface area contributed by atoms with Gasteiger partial charge in [-0.25, -0.2) is 4.98 Å². The average Bonchev–Trinajstić information content (AvgIpc) is 2.72. The highest BCUT2D eigenvalue weighted by Gasteiger charge is 2.29. The maximum absolute atomic E-state index is 13.0. The van der Waals surface area contributed by atoms with Gasteiger partial charge >= 0.3 is 0 Å². The number of aryl methyl sites for hydroxylation is 2. The molecule has 1 saturated heterocycles. The normalized spacial score (nSPS) is 22.8. The number of aromatic nitrogens is 2. The number of piperidine rings is 1. The number of fused-ring (bicyclic) bond motifs is 1. The molecule has 1 fully saturated rings. The summed E-state index contributed by atoms with van der Waals surface area (Å²) in [5, 5.41) is 0. The lowest BCUT2D eigenvalue weighted by molar-refractivity contribution is 0.0615. The SMILES string of the molecule is Cc1ccc2nc(C)c(C(=O)N3CC(C)CC(C)C3)n2c1. The van der Waals surface area contributed by atoms with Gasteiger partial charge in [0.15, 0.2) is 0 Å². The molecule has 0 aliphatic carbocycles. The van der Waals surface area contributed by atoms with Gasteiger partial charge < -0.3 is 4.90 Å². The fourth-order valence-corrected chi connectivity index (χ4v) is 3.50. The van der Waals surface area contributed by atoms with Crippen LogP contribution < -0.4 is 0 Å². The summed E-state index contributed by atoms with van der Waals surface area (Å²) >= 11 is 0. The fourth-order valence-electron chi connectivity index (χ4n) is 3.50. The molecule has 112 valence electrons. The average molecular weight is 285 g/mol. The van der Waals surface area contributed by atoms with Crippen molar-refractivity contribution in [3.8, 4) is 0 Å². The second-order valence-corrected chi connectivity index (χ2v) is 6.64. The molecular formula is C17H23N3O. The Morgan fingerprint density at radius 1 is 1.19 bits per heavy atom. The number of imidazole rings is 1. The number of hydrogen-bond acceptors (Lipinski definition) is 2. The predicted molar refractivity (Wildman–Crippen MR) is 83.5 cm³/mol. The molecule has 4 heteroatoms. The van der Waals surface area contributed by atoms with E-state index in [4.69, 9.17) is 0 Å². The number of rotatable bonds is 1. The maximum Gasteiger partial charge on any atom is 0.272 e. The quantitative estimate of drug-likeness (QED) is 0.807. The van der Waals surface area contributed by atoms with Gasteiger partial charge in [-0.2, -0.15) is 0 Å². The molecule has 0 saturated carbocycles. The summed E-state index contributed by atoms with van der Waals surface area (Å²) in [5.74, 6) is 1.25. The number of nitrogens with zero attached hydrogens (tertiary/aromatic N) is 3. The molecule has 0 N–H and O–H groups in total. The molecule has 1 aliphatic rings. The fraction of sp³-hybridized carbons (Fsp3) is 0.529. The molecule has 2 aromatic heterocycles. The molecule has 3 rings (SSSR count). The van der Waals surface area contributed by atoms with Gasteiger partial charge in [-0.3, -0.25) is 9.20 Å². The van der Waals surface area contributed by atoms with E-state index in [1.807, 2.05) is 41.5 Å². The van der Waals surface area contributed by atoms with Crippen molar-refractivity contribution in [3.05, 3.63) is 35.3 Å². The molecule has 2 atom stereocenters. The van der Waals surface area contributed by atoms with Crippen LogP contribution in [0.1, 0.15) is 42.0 Å². The monoisotopic (exact) mass is 285 g/mol. The molecule has 21 heavy (non-hydrogen) atoms. The Kier molecular flexibility index (Phi) is 3.47. The van der Waals surface area contributed by atoms with Gasteiger partial charge in [-0.1, -0.05) is 19.9 Å². The van der Waals surface area contributed by atoms with Crippen LogP contribution in [0.25, 0.3) is 5.65 Å². The van der Waals surface area contributed by atoms with Crippen LogP contribution >= 0.6 is 0 Å². The van der Waals surface area contributed by atoms with Crippen molar-refractivity contribution in [1.29, 1.82) is 0 Å². The van der Waals surface area contributed by atoms with Crippen molar-refractivity contribution in [2.24, 2.45) is 11.8 Å². The van der Waals surface area contributed by atoms with Crippen molar-refractivity contribution < 1.29 is 4.79 Å². The summed E-state index contributed by atoms with van der Waals surface area (Å²) in [4.78, 5) is 19.5. The first-order valence-corrected chi connectivity index (χ1v) is 7.70. The largest absolute Gasteiger partial charge is 0.337 e. The van der Waals surface area contributed by atoms with E-state index in [0.29, 0.717) is 11.8 Å². The molecule has 1 amide bonds. The molecule has 2 aromatic rings. The van der Waals surface area contributed by atoms with Gasteiger partial charge in [0.2, 0.25) is 0 Å². The third-order valence-electron chi connectivity index (χ3n) is 4.30. The first-order chi connectivity index (χ1) is 9.95. The van der Waals surface area contributed by atoms with Crippen LogP contribution in [0.15, 0.2) is 18.3 Å². The molecule has 0 bridgehead atoms. The van der Waals surface area contributed by atoms with Crippen LogP contribution in [-0.2, 0) is 0 Å². The van der Waals surface area contributed by atoms with E-state index < -0.39 is 0 Å². The molecular weight excluding hydrogens is 262 g/mol. The zero-order valence-corrected chi connectivity index (χ0v) is 13.3. The van der Waals surface area contributed by atoms with Gasteiger partial charge in [0.1, 0.15) is 11.3 Å². The Labute approximate surface area is 125 Å². The van der Waals surface area contributed by atoms with Crippen molar-refractivity contribution in [1.82, 2.24) is 14.3 Å². The van der Waals surface area contributed by atoms with Gasteiger partial charge in [-0.05, 0) is 43.7 Å². The van der Waals surface area contributed by atoms with E-state index in [1.165, 1.54) is 6.42 Å². The molecule has 2 unspecified atom stereocenters. The van der Waals surface area contributed by atoms with E-state index in [2.05, 4.69) is 18.8 Å². The minimum Gasteiger partial charge on any atom is -0.337 e. The second kappa shape index (κ2) is 5.17. The highest BCUT2D eigenvalue weighted by atomic mass is 16.2. The van der Waals surface area contributed by atoms with Crippen molar-refractivity contribution in [3.63, 3.8) is 0 Å². The van der Waals surface area contributed by atoms with E-state index >= 15 is 0 Å². The summed E-state index contributed by atoms with van der Waals surface area (Å²) in [7, 11) is 0. The van der Waals surface area contributed by atoms with Crippen molar-refractivity contribution in [2.45, 2.75) is 34.1 Å². The first kappa shape index (κ1) is 14.1. The zero-order chi connectivity index (χ0) is 15.1. The van der Waals surface area contributed by atoms with Crippen LogP contribution in [0.3, 0.4) is 0 Å². The van der Waals surface area contributed by atoms with Gasteiger partial charge in [0.05, 0.1) is 5.69 Å². The van der Waals surface area contributed by atoms with E-state index in [-0.39, 0.29) is 5.91 Å². The van der Waals surface area contributed by atoms with E-state index in [0.717, 1.165) is 35.7 Å². The van der Waals surface area contributed by atoms with Crippen molar-refractivity contribution >= 4 is 11.6 Å². The van der Waals surface area contributed by atoms with Crippen LogP contribution in [0.5, 0.6) is 0 Å². The van der Waals surface area contributed by atoms with Gasteiger partial charge in [-0.15, -0.1) is 0 Å². The van der Waals surface area contributed by atoms with Crippen LogP contribution in [-0.4, -0.2) is 33.3 Å². The van der Waals surface area contributed by atoms with Crippen LogP contribution in [0.4, 0.5) is 0 Å². The molecule has 0 radical (unpaired) electrons. The number of carbonyl (C=O) groups is 1. The Morgan fingerprint density at radius 3 is 2.52 bits per heavy atom. The minimum absolute atomic E-state index is 0.115. The predicted octanol–water partition coefficient (Wildman–Crippen LogP) is 3.07. The lowest BCUT2D eigenvalue weighted by Crippen LogP contribution is -2.43. The number of amides is 1. The number of pyridine rings is 1. The number of hydrogen-bond donors (Lipinski definition) is 0. The highest BCUT2D eigenvalue weighted by molar-refractivity contribution is 5.94. The Hall–Kier alpha value is -1.84. The minimum atomic E-state index is 0.115.